The molecule has 1 fully saturated rings. The highest BCUT2D eigenvalue weighted by molar-refractivity contribution is 5.92. The van der Waals surface area contributed by atoms with Gasteiger partial charge in [-0.25, -0.2) is 9.78 Å². The SMILES string of the molecule is Cn1c(C2CCCCC2)nc2ccc(C(=O)O)cc21. The third-order valence-corrected chi connectivity index (χ3v) is 4.13. The quantitative estimate of drug-likeness (QED) is 0.899. The first-order valence-corrected chi connectivity index (χ1v) is 6.86. The third kappa shape index (κ3) is 2.11. The Morgan fingerprint density at radius 2 is 2.05 bits per heavy atom. The van der Waals surface area contributed by atoms with Crippen molar-refractivity contribution in [3.8, 4) is 0 Å². The number of hydrogen-bond acceptors (Lipinski definition) is 2. The van der Waals surface area contributed by atoms with E-state index in [-0.39, 0.29) is 0 Å². The Morgan fingerprint density at radius 3 is 2.74 bits per heavy atom. The molecule has 1 saturated carbocycles. The predicted octanol–water partition coefficient (Wildman–Crippen LogP) is 3.32. The van der Waals surface area contributed by atoms with E-state index in [1.165, 1.54) is 32.1 Å². The summed E-state index contributed by atoms with van der Waals surface area (Å²) in [6.07, 6.45) is 6.26. The largest absolute Gasteiger partial charge is 0.478 e. The molecule has 2 aromatic rings. The van der Waals surface area contributed by atoms with Crippen LogP contribution < -0.4 is 0 Å². The highest BCUT2D eigenvalue weighted by Crippen LogP contribution is 2.33. The summed E-state index contributed by atoms with van der Waals surface area (Å²) in [5.41, 5.74) is 2.14. The fraction of sp³-hybridized carbons (Fsp3) is 0.467. The second-order valence-corrected chi connectivity index (χ2v) is 5.37. The molecular weight excluding hydrogens is 240 g/mol. The summed E-state index contributed by atoms with van der Waals surface area (Å²) in [4.78, 5) is 15.7. The molecule has 0 aliphatic heterocycles. The van der Waals surface area contributed by atoms with Gasteiger partial charge >= 0.3 is 5.97 Å². The molecule has 0 radical (unpaired) electrons. The number of imidazole rings is 1. The van der Waals surface area contributed by atoms with Gasteiger partial charge < -0.3 is 9.67 Å². The number of nitrogens with zero attached hydrogens (tertiary/aromatic N) is 2. The van der Waals surface area contributed by atoms with Crippen molar-refractivity contribution >= 4 is 17.0 Å². The van der Waals surface area contributed by atoms with Gasteiger partial charge in [-0.1, -0.05) is 19.3 Å². The standard InChI is InChI=1S/C15H18N2O2/c1-17-13-9-11(15(18)19)7-8-12(13)16-14(17)10-5-3-2-4-6-10/h7-10H,2-6H2,1H3,(H,18,19). The lowest BCUT2D eigenvalue weighted by molar-refractivity contribution is 0.0697. The van der Waals surface area contributed by atoms with Gasteiger partial charge in [0, 0.05) is 13.0 Å². The minimum Gasteiger partial charge on any atom is -0.478 e. The smallest absolute Gasteiger partial charge is 0.335 e. The Labute approximate surface area is 112 Å². The van der Waals surface area contributed by atoms with Crippen LogP contribution in [0.4, 0.5) is 0 Å². The minimum absolute atomic E-state index is 0.325. The molecule has 4 heteroatoms. The Kier molecular flexibility index (Phi) is 3.01. The summed E-state index contributed by atoms with van der Waals surface area (Å²) in [7, 11) is 1.99. The van der Waals surface area contributed by atoms with Crippen molar-refractivity contribution in [3.63, 3.8) is 0 Å². The molecule has 1 aromatic heterocycles. The molecule has 0 atom stereocenters. The lowest BCUT2D eigenvalue weighted by atomic mass is 9.89. The van der Waals surface area contributed by atoms with Gasteiger partial charge in [0.05, 0.1) is 16.6 Å². The number of aromatic nitrogens is 2. The zero-order valence-electron chi connectivity index (χ0n) is 11.1. The topological polar surface area (TPSA) is 55.1 Å². The van der Waals surface area contributed by atoms with Crippen molar-refractivity contribution in [3.05, 3.63) is 29.6 Å². The van der Waals surface area contributed by atoms with Gasteiger partial charge in [-0.3, -0.25) is 0 Å². The maximum absolute atomic E-state index is 11.0. The van der Waals surface area contributed by atoms with Crippen LogP contribution in [0.25, 0.3) is 11.0 Å². The van der Waals surface area contributed by atoms with Crippen molar-refractivity contribution < 1.29 is 9.90 Å². The van der Waals surface area contributed by atoms with E-state index in [1.807, 2.05) is 13.1 Å². The number of carboxylic acid groups (broad SMARTS) is 1. The monoisotopic (exact) mass is 258 g/mol. The first kappa shape index (κ1) is 12.2. The summed E-state index contributed by atoms with van der Waals surface area (Å²) in [5.74, 6) is 0.749. The zero-order valence-corrected chi connectivity index (χ0v) is 11.1. The minimum atomic E-state index is -0.887. The molecule has 4 nitrogen and oxygen atoms in total. The van der Waals surface area contributed by atoms with E-state index in [4.69, 9.17) is 10.1 Å². The predicted molar refractivity (Wildman–Crippen MR) is 73.5 cm³/mol. The summed E-state index contributed by atoms with van der Waals surface area (Å²) in [6.45, 7) is 0. The van der Waals surface area contributed by atoms with Crippen LogP contribution in [-0.2, 0) is 7.05 Å². The Morgan fingerprint density at radius 1 is 1.32 bits per heavy atom. The summed E-state index contributed by atoms with van der Waals surface area (Å²) >= 11 is 0. The first-order chi connectivity index (χ1) is 9.16. The van der Waals surface area contributed by atoms with Crippen molar-refractivity contribution in [2.45, 2.75) is 38.0 Å². The number of carboxylic acids is 1. The van der Waals surface area contributed by atoms with Crippen molar-refractivity contribution in [2.24, 2.45) is 7.05 Å². The maximum Gasteiger partial charge on any atom is 0.335 e. The fourth-order valence-corrected chi connectivity index (χ4v) is 3.07. The zero-order chi connectivity index (χ0) is 13.4. The number of aromatic carboxylic acids is 1. The number of rotatable bonds is 2. The van der Waals surface area contributed by atoms with Crippen LogP contribution in [0.1, 0.15) is 54.2 Å². The van der Waals surface area contributed by atoms with Crippen LogP contribution in [0.5, 0.6) is 0 Å². The fourth-order valence-electron chi connectivity index (χ4n) is 3.07. The van der Waals surface area contributed by atoms with E-state index in [1.54, 1.807) is 12.1 Å². The summed E-state index contributed by atoms with van der Waals surface area (Å²) in [5, 5.41) is 9.06. The van der Waals surface area contributed by atoms with Crippen LogP contribution in [0.2, 0.25) is 0 Å². The lowest BCUT2D eigenvalue weighted by Gasteiger charge is -2.21. The van der Waals surface area contributed by atoms with Gasteiger partial charge in [-0.15, -0.1) is 0 Å². The number of aryl methyl sites for hydroxylation is 1. The van der Waals surface area contributed by atoms with Crippen LogP contribution in [-0.4, -0.2) is 20.6 Å². The normalized spacial score (nSPS) is 16.9. The molecule has 0 bridgehead atoms. The van der Waals surface area contributed by atoms with Gasteiger partial charge in [0.25, 0.3) is 0 Å². The van der Waals surface area contributed by atoms with E-state index in [0.717, 1.165) is 16.9 Å². The average molecular weight is 258 g/mol. The van der Waals surface area contributed by atoms with E-state index in [2.05, 4.69) is 4.57 Å². The molecule has 1 aliphatic rings. The second kappa shape index (κ2) is 4.68. The van der Waals surface area contributed by atoms with Gasteiger partial charge in [0.1, 0.15) is 5.82 Å². The van der Waals surface area contributed by atoms with Gasteiger partial charge in [-0.05, 0) is 31.0 Å². The molecule has 100 valence electrons. The van der Waals surface area contributed by atoms with Gasteiger partial charge in [-0.2, -0.15) is 0 Å². The van der Waals surface area contributed by atoms with Crippen molar-refractivity contribution in [1.82, 2.24) is 9.55 Å². The molecule has 1 aromatic carbocycles. The molecule has 0 unspecified atom stereocenters. The van der Waals surface area contributed by atoms with Crippen LogP contribution in [0.15, 0.2) is 18.2 Å². The van der Waals surface area contributed by atoms with E-state index < -0.39 is 5.97 Å². The van der Waals surface area contributed by atoms with Crippen LogP contribution in [0.3, 0.4) is 0 Å². The lowest BCUT2D eigenvalue weighted by Crippen LogP contribution is -2.10. The van der Waals surface area contributed by atoms with Gasteiger partial charge in [0.2, 0.25) is 0 Å². The Hall–Kier alpha value is -1.84. The molecule has 19 heavy (non-hydrogen) atoms. The molecule has 1 aliphatic carbocycles. The maximum atomic E-state index is 11.0. The number of carbonyl (C=O) groups is 1. The van der Waals surface area contributed by atoms with E-state index in [0.29, 0.717) is 11.5 Å². The van der Waals surface area contributed by atoms with E-state index in [9.17, 15) is 4.79 Å². The number of benzene rings is 1. The Balaban J connectivity index is 2.06. The molecule has 0 saturated heterocycles. The van der Waals surface area contributed by atoms with Crippen LogP contribution >= 0.6 is 0 Å². The molecule has 1 heterocycles. The summed E-state index contributed by atoms with van der Waals surface area (Å²) < 4.78 is 2.07. The van der Waals surface area contributed by atoms with Crippen LogP contribution in [0, 0.1) is 0 Å². The van der Waals surface area contributed by atoms with Gasteiger partial charge in [0.15, 0.2) is 0 Å². The Bertz CT molecular complexity index is 624. The first-order valence-electron chi connectivity index (χ1n) is 6.86. The highest BCUT2D eigenvalue weighted by Gasteiger charge is 2.21. The highest BCUT2D eigenvalue weighted by atomic mass is 16.4. The molecular formula is C15H18N2O2. The number of hydrogen-bond donors (Lipinski definition) is 1. The summed E-state index contributed by atoms with van der Waals surface area (Å²) in [6, 6.07) is 5.16. The molecule has 0 amide bonds. The molecule has 1 N–H and O–H groups in total. The van der Waals surface area contributed by atoms with E-state index >= 15 is 0 Å². The third-order valence-electron chi connectivity index (χ3n) is 4.13. The number of fused-ring (bicyclic) bond motifs is 1. The molecule has 0 spiro atoms. The van der Waals surface area contributed by atoms with Crippen molar-refractivity contribution in [1.29, 1.82) is 0 Å². The average Bonchev–Trinajstić information content (AvgIpc) is 2.77. The molecule has 3 rings (SSSR count). The second-order valence-electron chi connectivity index (χ2n) is 5.37. The van der Waals surface area contributed by atoms with Crippen molar-refractivity contribution in [2.75, 3.05) is 0 Å².